The molecule has 11 heavy (non-hydrogen) atoms. The summed E-state index contributed by atoms with van der Waals surface area (Å²) in [5.41, 5.74) is 6.38. The standard InChI is InChI=1S/C7H8ClN2.K/c1-2-5-3-6(8)4-10-7(5)9;/h2-4H,1H3,(H2,9,10);/q-1;+1. The van der Waals surface area contributed by atoms with E-state index >= 15 is 0 Å². The second kappa shape index (κ2) is 5.40. The molecular formula is C7H8ClKN2. The summed E-state index contributed by atoms with van der Waals surface area (Å²) in [6.07, 6.45) is 3.40. The molecule has 0 bridgehead atoms. The number of rotatable bonds is 1. The first-order valence-electron chi connectivity index (χ1n) is 2.94. The minimum absolute atomic E-state index is 0. The van der Waals surface area contributed by atoms with E-state index < -0.39 is 0 Å². The van der Waals surface area contributed by atoms with Crippen molar-refractivity contribution in [3.63, 3.8) is 0 Å². The van der Waals surface area contributed by atoms with Crippen molar-refractivity contribution < 1.29 is 51.4 Å². The molecule has 0 aliphatic heterocycles. The molecule has 0 unspecified atom stereocenters. The Morgan fingerprint density at radius 2 is 2.27 bits per heavy atom. The fourth-order valence-corrected chi connectivity index (χ4v) is 0.863. The molecule has 1 heterocycles. The molecule has 0 aromatic carbocycles. The average molecular weight is 195 g/mol. The number of nitrogens with two attached hydrogens (primary N) is 1. The fourth-order valence-electron chi connectivity index (χ4n) is 0.697. The van der Waals surface area contributed by atoms with Gasteiger partial charge in [0.05, 0.1) is 0 Å². The summed E-state index contributed by atoms with van der Waals surface area (Å²) in [6.45, 7) is 1.89. The van der Waals surface area contributed by atoms with Crippen LogP contribution >= 0.6 is 11.6 Å². The van der Waals surface area contributed by atoms with Gasteiger partial charge in [0.2, 0.25) is 0 Å². The van der Waals surface area contributed by atoms with Crippen molar-refractivity contribution in [3.05, 3.63) is 29.3 Å². The van der Waals surface area contributed by atoms with Crippen LogP contribution in [0.15, 0.2) is 12.3 Å². The molecule has 1 aromatic heterocycles. The molecule has 0 saturated heterocycles. The maximum atomic E-state index is 5.66. The van der Waals surface area contributed by atoms with Gasteiger partial charge in [-0.15, -0.1) is 11.6 Å². The molecule has 0 radical (unpaired) electrons. The summed E-state index contributed by atoms with van der Waals surface area (Å²) in [4.78, 5) is 3.86. The van der Waals surface area contributed by atoms with Gasteiger partial charge in [-0.2, -0.15) is 6.42 Å². The molecule has 1 rings (SSSR count). The Hall–Kier alpha value is 0.746. The summed E-state index contributed by atoms with van der Waals surface area (Å²) in [5, 5.41) is 0.613. The Bertz CT molecular complexity index is 240. The van der Waals surface area contributed by atoms with Crippen LogP contribution in [-0.4, -0.2) is 4.98 Å². The van der Waals surface area contributed by atoms with E-state index in [4.69, 9.17) is 17.3 Å². The molecule has 0 amide bonds. The Balaban J connectivity index is 0.000001000. The third kappa shape index (κ3) is 3.32. The third-order valence-electron chi connectivity index (χ3n) is 1.23. The molecule has 0 aliphatic rings. The molecule has 0 spiro atoms. The maximum absolute atomic E-state index is 5.66. The number of aromatic nitrogens is 1. The Kier molecular flexibility index (Phi) is 5.77. The SMILES string of the molecule is C[CH-]c1cc(Cl)cnc1N.[K+]. The molecule has 2 nitrogen and oxygen atoms in total. The van der Waals surface area contributed by atoms with Crippen LogP contribution in [0.1, 0.15) is 12.5 Å². The second-order valence-electron chi connectivity index (χ2n) is 1.92. The van der Waals surface area contributed by atoms with Gasteiger partial charge in [0, 0.05) is 17.0 Å². The van der Waals surface area contributed by atoms with Gasteiger partial charge in [-0.3, -0.25) is 0 Å². The predicted molar refractivity (Wildman–Crippen MR) is 42.7 cm³/mol. The van der Waals surface area contributed by atoms with Gasteiger partial charge in [-0.25, -0.2) is 0 Å². The van der Waals surface area contributed by atoms with Gasteiger partial charge in [0.1, 0.15) is 0 Å². The van der Waals surface area contributed by atoms with Crippen molar-refractivity contribution >= 4 is 17.4 Å². The maximum Gasteiger partial charge on any atom is 1.00 e. The first-order chi connectivity index (χ1) is 4.74. The number of nitrogen functional groups attached to an aromatic ring is 1. The monoisotopic (exact) mass is 194 g/mol. The molecule has 54 valence electrons. The fraction of sp³-hybridized carbons (Fsp3) is 0.143. The first kappa shape index (κ1) is 11.7. The van der Waals surface area contributed by atoms with Gasteiger partial charge in [-0.05, 0) is 0 Å². The second-order valence-corrected chi connectivity index (χ2v) is 2.35. The third-order valence-corrected chi connectivity index (χ3v) is 1.43. The quantitative estimate of drug-likeness (QED) is 0.455. The number of pyridine rings is 1. The van der Waals surface area contributed by atoms with E-state index in [1.54, 1.807) is 6.07 Å². The van der Waals surface area contributed by atoms with E-state index in [1.807, 2.05) is 13.3 Å². The van der Waals surface area contributed by atoms with Crippen molar-refractivity contribution in [2.45, 2.75) is 6.92 Å². The number of hydrogen-bond donors (Lipinski definition) is 1. The van der Waals surface area contributed by atoms with Crippen molar-refractivity contribution in [1.82, 2.24) is 4.98 Å². The zero-order chi connectivity index (χ0) is 7.56. The number of hydrogen-bond acceptors (Lipinski definition) is 2. The molecule has 0 atom stereocenters. The summed E-state index contributed by atoms with van der Waals surface area (Å²) < 4.78 is 0. The molecule has 0 saturated carbocycles. The van der Waals surface area contributed by atoms with E-state index in [0.29, 0.717) is 10.8 Å². The summed E-state index contributed by atoms with van der Waals surface area (Å²) in [7, 11) is 0. The van der Waals surface area contributed by atoms with Gasteiger partial charge in [0.15, 0.2) is 0 Å². The molecule has 0 aliphatic carbocycles. The number of halogens is 1. The molecule has 2 N–H and O–H groups in total. The zero-order valence-corrected chi connectivity index (χ0v) is 10.5. The van der Waals surface area contributed by atoms with Crippen LogP contribution in [0.3, 0.4) is 0 Å². The Labute approximate surface area is 114 Å². The Morgan fingerprint density at radius 1 is 1.64 bits per heavy atom. The van der Waals surface area contributed by atoms with Crippen LogP contribution in [-0.2, 0) is 0 Å². The largest absolute Gasteiger partial charge is 1.00 e. The summed E-state index contributed by atoms with van der Waals surface area (Å²) in [5.74, 6) is 0.520. The van der Waals surface area contributed by atoms with Gasteiger partial charge >= 0.3 is 51.4 Å². The van der Waals surface area contributed by atoms with Crippen molar-refractivity contribution in [1.29, 1.82) is 0 Å². The molecule has 4 heteroatoms. The zero-order valence-electron chi connectivity index (χ0n) is 6.63. The van der Waals surface area contributed by atoms with E-state index in [0.717, 1.165) is 5.56 Å². The van der Waals surface area contributed by atoms with Crippen molar-refractivity contribution in [2.24, 2.45) is 0 Å². The summed E-state index contributed by atoms with van der Waals surface area (Å²) >= 11 is 5.66. The predicted octanol–water partition coefficient (Wildman–Crippen LogP) is -1.11. The van der Waals surface area contributed by atoms with Crippen molar-refractivity contribution in [3.8, 4) is 0 Å². The summed E-state index contributed by atoms with van der Waals surface area (Å²) in [6, 6.07) is 1.78. The minimum atomic E-state index is 0. The van der Waals surface area contributed by atoms with Crippen LogP contribution in [0.5, 0.6) is 0 Å². The van der Waals surface area contributed by atoms with Crippen LogP contribution in [0.2, 0.25) is 5.02 Å². The topological polar surface area (TPSA) is 38.9 Å². The van der Waals surface area contributed by atoms with Crippen molar-refractivity contribution in [2.75, 3.05) is 5.73 Å². The molecule has 1 aromatic rings. The van der Waals surface area contributed by atoms with Crippen LogP contribution in [0.4, 0.5) is 5.82 Å². The van der Waals surface area contributed by atoms with E-state index in [9.17, 15) is 0 Å². The van der Waals surface area contributed by atoms with Crippen LogP contribution in [0, 0.1) is 6.42 Å². The smallest absolute Gasteiger partial charge is 0.434 e. The van der Waals surface area contributed by atoms with Crippen LogP contribution in [0.25, 0.3) is 0 Å². The van der Waals surface area contributed by atoms with E-state index in [2.05, 4.69) is 4.98 Å². The van der Waals surface area contributed by atoms with Gasteiger partial charge in [0.25, 0.3) is 0 Å². The van der Waals surface area contributed by atoms with Gasteiger partial charge in [-0.1, -0.05) is 18.5 Å². The normalized spacial score (nSPS) is 8.55. The molecule has 0 fully saturated rings. The Morgan fingerprint density at radius 3 is 2.73 bits per heavy atom. The van der Waals surface area contributed by atoms with Crippen LogP contribution < -0.4 is 57.1 Å². The van der Waals surface area contributed by atoms with Gasteiger partial charge < -0.3 is 10.7 Å². The average Bonchev–Trinajstić information content (AvgIpc) is 1.94. The number of anilines is 1. The molecular weight excluding hydrogens is 187 g/mol. The number of nitrogens with zero attached hydrogens (tertiary/aromatic N) is 1. The van der Waals surface area contributed by atoms with E-state index in [-0.39, 0.29) is 51.4 Å². The first-order valence-corrected chi connectivity index (χ1v) is 3.32. The minimum Gasteiger partial charge on any atom is -0.434 e. The van der Waals surface area contributed by atoms with E-state index in [1.165, 1.54) is 6.20 Å².